The third kappa shape index (κ3) is 1.90. The number of H-pyrrole nitrogens is 1. The number of anilines is 1. The number of benzene rings is 1. The van der Waals surface area contributed by atoms with E-state index < -0.39 is 5.97 Å². The van der Waals surface area contributed by atoms with Crippen LogP contribution in [0.4, 0.5) is 5.69 Å². The van der Waals surface area contributed by atoms with Gasteiger partial charge in [-0.25, -0.2) is 9.78 Å². The number of nitriles is 1. The van der Waals surface area contributed by atoms with E-state index in [0.717, 1.165) is 11.0 Å². The van der Waals surface area contributed by atoms with Gasteiger partial charge in [-0.2, -0.15) is 5.26 Å². The Morgan fingerprint density at radius 1 is 1.52 bits per heavy atom. The third-order valence-electron chi connectivity index (χ3n) is 3.23. The Labute approximate surface area is 119 Å². The van der Waals surface area contributed by atoms with Crippen molar-refractivity contribution in [3.63, 3.8) is 0 Å². The summed E-state index contributed by atoms with van der Waals surface area (Å²) in [6.45, 7) is 0. The number of aromatic amines is 1. The number of carbonyl (C=O) groups is 1. The van der Waals surface area contributed by atoms with Crippen LogP contribution in [0.5, 0.6) is 0 Å². The molecule has 0 amide bonds. The first-order chi connectivity index (χ1) is 10.2. The zero-order valence-electron chi connectivity index (χ0n) is 11.1. The minimum atomic E-state index is -0.598. The second kappa shape index (κ2) is 4.68. The lowest BCUT2D eigenvalue weighted by molar-refractivity contribution is 0.0593. The van der Waals surface area contributed by atoms with Gasteiger partial charge in [-0.1, -0.05) is 0 Å². The van der Waals surface area contributed by atoms with E-state index in [1.54, 1.807) is 17.0 Å². The van der Waals surface area contributed by atoms with E-state index in [2.05, 4.69) is 9.97 Å². The van der Waals surface area contributed by atoms with Crippen LogP contribution in [0.3, 0.4) is 0 Å². The molecule has 3 N–H and O–H groups in total. The SMILES string of the molecule is COC(=O)c1c(N)c(C#N)cn1-c1ccc2nc[nH]c2c1. The number of aromatic nitrogens is 3. The van der Waals surface area contributed by atoms with Crippen LogP contribution in [-0.2, 0) is 4.74 Å². The van der Waals surface area contributed by atoms with E-state index in [0.29, 0.717) is 5.69 Å². The quantitative estimate of drug-likeness (QED) is 0.693. The number of hydrogen-bond donors (Lipinski definition) is 2. The zero-order valence-corrected chi connectivity index (χ0v) is 11.1. The molecule has 0 aliphatic rings. The van der Waals surface area contributed by atoms with Gasteiger partial charge in [0.15, 0.2) is 5.69 Å². The summed E-state index contributed by atoms with van der Waals surface area (Å²) in [5, 5.41) is 9.08. The maximum absolute atomic E-state index is 11.9. The second-order valence-electron chi connectivity index (χ2n) is 4.38. The Hall–Kier alpha value is -3.27. The van der Waals surface area contributed by atoms with Crippen molar-refractivity contribution in [2.45, 2.75) is 0 Å². The minimum Gasteiger partial charge on any atom is -0.464 e. The number of rotatable bonds is 2. The maximum atomic E-state index is 11.9. The highest BCUT2D eigenvalue weighted by molar-refractivity contribution is 5.96. The molecule has 21 heavy (non-hydrogen) atoms. The molecule has 2 aromatic heterocycles. The number of ether oxygens (including phenoxy) is 1. The first-order valence-electron chi connectivity index (χ1n) is 6.08. The van der Waals surface area contributed by atoms with Crippen LogP contribution in [0.2, 0.25) is 0 Å². The summed E-state index contributed by atoms with van der Waals surface area (Å²) in [5.74, 6) is -0.598. The van der Waals surface area contributed by atoms with Crippen molar-refractivity contribution in [3.8, 4) is 11.8 Å². The van der Waals surface area contributed by atoms with Gasteiger partial charge in [0.2, 0.25) is 0 Å². The zero-order chi connectivity index (χ0) is 15.0. The van der Waals surface area contributed by atoms with Gasteiger partial charge in [0.1, 0.15) is 6.07 Å². The van der Waals surface area contributed by atoms with Crippen molar-refractivity contribution >= 4 is 22.7 Å². The molecule has 3 aromatic rings. The number of fused-ring (bicyclic) bond motifs is 1. The predicted octanol–water partition coefficient (Wildman–Crippen LogP) is 1.59. The van der Waals surface area contributed by atoms with Gasteiger partial charge in [-0.15, -0.1) is 0 Å². The molecule has 0 fully saturated rings. The topological polar surface area (TPSA) is 110 Å². The van der Waals surface area contributed by atoms with E-state index in [-0.39, 0.29) is 16.9 Å². The van der Waals surface area contributed by atoms with Gasteiger partial charge < -0.3 is 20.0 Å². The van der Waals surface area contributed by atoms with Gasteiger partial charge in [0.05, 0.1) is 35.7 Å². The van der Waals surface area contributed by atoms with Gasteiger partial charge in [-0.3, -0.25) is 0 Å². The van der Waals surface area contributed by atoms with Crippen LogP contribution in [0.15, 0.2) is 30.7 Å². The van der Waals surface area contributed by atoms with Crippen LogP contribution in [-0.4, -0.2) is 27.6 Å². The number of esters is 1. The van der Waals surface area contributed by atoms with E-state index >= 15 is 0 Å². The molecule has 3 rings (SSSR count). The number of nitrogens with one attached hydrogen (secondary N) is 1. The summed E-state index contributed by atoms with van der Waals surface area (Å²) in [7, 11) is 1.27. The van der Waals surface area contributed by atoms with Gasteiger partial charge >= 0.3 is 5.97 Å². The molecule has 0 bridgehead atoms. The van der Waals surface area contributed by atoms with Gasteiger partial charge in [0, 0.05) is 11.9 Å². The number of nitrogen functional groups attached to an aromatic ring is 1. The summed E-state index contributed by atoms with van der Waals surface area (Å²) in [5.41, 5.74) is 8.62. The highest BCUT2D eigenvalue weighted by atomic mass is 16.5. The normalized spacial score (nSPS) is 10.5. The molecule has 104 valence electrons. The van der Waals surface area contributed by atoms with E-state index in [9.17, 15) is 4.79 Å². The number of imidazole rings is 1. The Balaban J connectivity index is 2.25. The molecule has 7 nitrogen and oxygen atoms in total. The van der Waals surface area contributed by atoms with E-state index in [4.69, 9.17) is 15.7 Å². The number of carbonyl (C=O) groups excluding carboxylic acids is 1. The third-order valence-corrected chi connectivity index (χ3v) is 3.23. The molecule has 0 aliphatic heterocycles. The van der Waals surface area contributed by atoms with Crippen molar-refractivity contribution in [3.05, 3.63) is 42.0 Å². The number of methoxy groups -OCH3 is 1. The maximum Gasteiger partial charge on any atom is 0.357 e. The predicted molar refractivity (Wildman–Crippen MR) is 75.9 cm³/mol. The van der Waals surface area contributed by atoms with Crippen molar-refractivity contribution < 1.29 is 9.53 Å². The van der Waals surface area contributed by atoms with Crippen molar-refractivity contribution in [1.29, 1.82) is 5.26 Å². The lowest BCUT2D eigenvalue weighted by atomic mass is 10.2. The van der Waals surface area contributed by atoms with Crippen LogP contribution in [0, 0.1) is 11.3 Å². The molecule has 0 spiro atoms. The fourth-order valence-corrected chi connectivity index (χ4v) is 2.19. The Bertz CT molecular complexity index is 885. The first kappa shape index (κ1) is 12.7. The summed E-state index contributed by atoms with van der Waals surface area (Å²) in [6.07, 6.45) is 3.10. The summed E-state index contributed by atoms with van der Waals surface area (Å²) in [6, 6.07) is 7.38. The molecular weight excluding hydrogens is 270 g/mol. The molecule has 0 radical (unpaired) electrons. The molecule has 0 atom stereocenters. The fourth-order valence-electron chi connectivity index (χ4n) is 2.19. The fraction of sp³-hybridized carbons (Fsp3) is 0.0714. The standard InChI is InChI=1S/C14H11N5O2/c1-21-14(20)13-12(16)8(5-15)6-19(13)9-2-3-10-11(4-9)18-7-17-10/h2-4,6-7H,16H2,1H3,(H,17,18). The lowest BCUT2D eigenvalue weighted by Gasteiger charge is -2.08. The summed E-state index contributed by atoms with van der Waals surface area (Å²) >= 11 is 0. The summed E-state index contributed by atoms with van der Waals surface area (Å²) in [4.78, 5) is 19.0. The van der Waals surface area contributed by atoms with Crippen LogP contribution >= 0.6 is 0 Å². The Morgan fingerprint density at radius 2 is 2.33 bits per heavy atom. The smallest absolute Gasteiger partial charge is 0.357 e. The van der Waals surface area contributed by atoms with Gasteiger partial charge in [-0.05, 0) is 18.2 Å². The minimum absolute atomic E-state index is 0.106. The van der Waals surface area contributed by atoms with Crippen LogP contribution in [0.1, 0.15) is 16.1 Å². The molecule has 0 unspecified atom stereocenters. The number of nitrogens with zero attached hydrogens (tertiary/aromatic N) is 3. The molecule has 2 heterocycles. The molecule has 0 aliphatic carbocycles. The number of nitrogens with two attached hydrogens (primary N) is 1. The van der Waals surface area contributed by atoms with E-state index in [1.165, 1.54) is 13.3 Å². The van der Waals surface area contributed by atoms with Crippen molar-refractivity contribution in [2.24, 2.45) is 0 Å². The highest BCUT2D eigenvalue weighted by Gasteiger charge is 2.21. The Morgan fingerprint density at radius 3 is 3.05 bits per heavy atom. The van der Waals surface area contributed by atoms with Crippen molar-refractivity contribution in [1.82, 2.24) is 14.5 Å². The van der Waals surface area contributed by atoms with Gasteiger partial charge in [0.25, 0.3) is 0 Å². The largest absolute Gasteiger partial charge is 0.464 e. The van der Waals surface area contributed by atoms with E-state index in [1.807, 2.05) is 18.2 Å². The Kier molecular flexibility index (Phi) is 2.84. The lowest BCUT2D eigenvalue weighted by Crippen LogP contribution is -2.11. The molecule has 7 heteroatoms. The molecule has 1 aromatic carbocycles. The first-order valence-corrected chi connectivity index (χ1v) is 6.08. The average Bonchev–Trinajstić information content (AvgIpc) is 3.09. The highest BCUT2D eigenvalue weighted by Crippen LogP contribution is 2.25. The molecule has 0 saturated heterocycles. The molecule has 0 saturated carbocycles. The van der Waals surface area contributed by atoms with Crippen LogP contribution < -0.4 is 5.73 Å². The average molecular weight is 281 g/mol. The monoisotopic (exact) mass is 281 g/mol. The molecular formula is C14H11N5O2. The second-order valence-corrected chi connectivity index (χ2v) is 4.38. The van der Waals surface area contributed by atoms with Crippen molar-refractivity contribution in [2.75, 3.05) is 12.8 Å². The number of hydrogen-bond acceptors (Lipinski definition) is 5. The summed E-state index contributed by atoms with van der Waals surface area (Å²) < 4.78 is 6.28. The van der Waals surface area contributed by atoms with Crippen LogP contribution in [0.25, 0.3) is 16.7 Å².